The van der Waals surface area contributed by atoms with Gasteiger partial charge in [0.15, 0.2) is 0 Å². The van der Waals surface area contributed by atoms with Crippen molar-refractivity contribution in [2.75, 3.05) is 7.11 Å². The van der Waals surface area contributed by atoms with E-state index in [-0.39, 0.29) is 0 Å². The molecule has 30 heavy (non-hydrogen) atoms. The van der Waals surface area contributed by atoms with Gasteiger partial charge in [-0.15, -0.1) is 5.10 Å². The minimum atomic E-state index is -0.393. The second kappa shape index (κ2) is 8.23. The fourth-order valence-corrected chi connectivity index (χ4v) is 4.17. The van der Waals surface area contributed by atoms with Gasteiger partial charge in [0.25, 0.3) is 0 Å². The number of benzene rings is 2. The number of ether oxygens (including phenoxy) is 1. The van der Waals surface area contributed by atoms with Gasteiger partial charge in [-0.2, -0.15) is 4.68 Å². The Balaban J connectivity index is 1.70. The topological polar surface area (TPSA) is 82.8 Å². The van der Waals surface area contributed by atoms with Gasteiger partial charge in [-0.25, -0.2) is 4.79 Å². The zero-order valence-corrected chi connectivity index (χ0v) is 18.0. The number of tetrazole rings is 1. The van der Waals surface area contributed by atoms with Crippen molar-refractivity contribution in [1.82, 2.24) is 25.2 Å². The summed E-state index contributed by atoms with van der Waals surface area (Å²) < 4.78 is 6.72. The molecular weight excluding hydrogens is 398 g/mol. The summed E-state index contributed by atoms with van der Waals surface area (Å²) in [5, 5.41) is 13.7. The normalized spacial score (nSPS) is 11.1. The molecule has 0 N–H and O–H groups in total. The Hall–Kier alpha value is -3.26. The number of thioether (sulfide) groups is 1. The first kappa shape index (κ1) is 20.0. The summed E-state index contributed by atoms with van der Waals surface area (Å²) in [5.41, 5.74) is 6.11. The number of hydrogen-bond donors (Lipinski definition) is 0. The van der Waals surface area contributed by atoms with E-state index in [0.29, 0.717) is 22.2 Å². The summed E-state index contributed by atoms with van der Waals surface area (Å²) in [4.78, 5) is 17.2. The van der Waals surface area contributed by atoms with Gasteiger partial charge in [0.05, 0.1) is 29.6 Å². The minimum absolute atomic E-state index is 0.393. The van der Waals surface area contributed by atoms with Gasteiger partial charge < -0.3 is 4.74 Å². The Morgan fingerprint density at radius 3 is 2.67 bits per heavy atom. The second-order valence-corrected chi connectivity index (χ2v) is 7.94. The number of esters is 1. The molecule has 0 fully saturated rings. The minimum Gasteiger partial charge on any atom is -0.465 e. The van der Waals surface area contributed by atoms with Crippen LogP contribution in [-0.4, -0.2) is 38.3 Å². The van der Waals surface area contributed by atoms with Crippen molar-refractivity contribution in [3.8, 4) is 5.69 Å². The number of carbonyl (C=O) groups excluding carboxylic acids is 1. The van der Waals surface area contributed by atoms with Crippen LogP contribution in [0.3, 0.4) is 0 Å². The fourth-order valence-electron chi connectivity index (χ4n) is 3.34. The van der Waals surface area contributed by atoms with Gasteiger partial charge in [-0.05, 0) is 66.1 Å². The Kier molecular flexibility index (Phi) is 5.50. The highest BCUT2D eigenvalue weighted by molar-refractivity contribution is 7.98. The van der Waals surface area contributed by atoms with Crippen LogP contribution in [-0.2, 0) is 10.5 Å². The lowest BCUT2D eigenvalue weighted by Gasteiger charge is -2.13. The number of methoxy groups -OCH3 is 1. The van der Waals surface area contributed by atoms with Gasteiger partial charge in [0.1, 0.15) is 0 Å². The van der Waals surface area contributed by atoms with Crippen LogP contribution in [0.15, 0.2) is 47.6 Å². The molecule has 0 atom stereocenters. The molecule has 4 aromatic rings. The first-order valence-corrected chi connectivity index (χ1v) is 10.4. The maximum Gasteiger partial charge on any atom is 0.340 e. The van der Waals surface area contributed by atoms with E-state index < -0.39 is 5.97 Å². The van der Waals surface area contributed by atoms with Crippen LogP contribution in [0.1, 0.15) is 32.7 Å². The van der Waals surface area contributed by atoms with Crippen LogP contribution >= 0.6 is 11.8 Å². The van der Waals surface area contributed by atoms with Crippen LogP contribution in [0, 0.1) is 20.8 Å². The summed E-state index contributed by atoms with van der Waals surface area (Å²) >= 11 is 1.43. The molecule has 0 aliphatic carbocycles. The quantitative estimate of drug-likeness (QED) is 0.354. The summed E-state index contributed by atoms with van der Waals surface area (Å²) in [6.45, 7) is 6.04. The van der Waals surface area contributed by atoms with Crippen molar-refractivity contribution >= 4 is 28.6 Å². The highest BCUT2D eigenvalue weighted by Gasteiger charge is 2.20. The molecule has 2 aromatic heterocycles. The Morgan fingerprint density at radius 1 is 1.10 bits per heavy atom. The van der Waals surface area contributed by atoms with Gasteiger partial charge in [0, 0.05) is 11.1 Å². The smallest absolute Gasteiger partial charge is 0.340 e. The third-order valence-electron chi connectivity index (χ3n) is 5.13. The predicted molar refractivity (Wildman–Crippen MR) is 116 cm³/mol. The SMILES string of the molecule is COC(=O)c1c(CSc2nnnn2-c2ccc(C)c(C)c2)nc2ccccc2c1C. The average Bonchev–Trinajstić information content (AvgIpc) is 3.22. The lowest BCUT2D eigenvalue weighted by Crippen LogP contribution is -2.10. The molecule has 4 rings (SSSR count). The van der Waals surface area contributed by atoms with E-state index in [0.717, 1.165) is 22.2 Å². The van der Waals surface area contributed by atoms with Crippen molar-refractivity contribution in [3.63, 3.8) is 0 Å². The van der Waals surface area contributed by atoms with E-state index in [4.69, 9.17) is 9.72 Å². The molecule has 2 aromatic carbocycles. The summed E-state index contributed by atoms with van der Waals surface area (Å²) in [6.07, 6.45) is 0. The van der Waals surface area contributed by atoms with E-state index >= 15 is 0 Å². The maximum absolute atomic E-state index is 12.5. The van der Waals surface area contributed by atoms with Crippen LogP contribution in [0.4, 0.5) is 0 Å². The molecule has 0 saturated heterocycles. The van der Waals surface area contributed by atoms with Crippen LogP contribution in [0.2, 0.25) is 0 Å². The number of aromatic nitrogens is 5. The van der Waals surface area contributed by atoms with Crippen LogP contribution < -0.4 is 0 Å². The first-order valence-electron chi connectivity index (χ1n) is 9.45. The number of pyridine rings is 1. The van der Waals surface area contributed by atoms with Crippen molar-refractivity contribution in [3.05, 3.63) is 70.4 Å². The highest BCUT2D eigenvalue weighted by atomic mass is 32.2. The van der Waals surface area contributed by atoms with Crippen molar-refractivity contribution < 1.29 is 9.53 Å². The molecule has 0 radical (unpaired) electrons. The van der Waals surface area contributed by atoms with E-state index in [1.54, 1.807) is 4.68 Å². The van der Waals surface area contributed by atoms with Gasteiger partial charge >= 0.3 is 5.97 Å². The lowest BCUT2D eigenvalue weighted by molar-refractivity contribution is 0.0598. The van der Waals surface area contributed by atoms with Crippen molar-refractivity contribution in [1.29, 1.82) is 0 Å². The molecule has 0 unspecified atom stereocenters. The Labute approximate surface area is 178 Å². The molecule has 0 bridgehead atoms. The second-order valence-electron chi connectivity index (χ2n) is 7.00. The molecule has 152 valence electrons. The molecular formula is C22H21N5O2S. The number of para-hydroxylation sites is 1. The fraction of sp³-hybridized carbons (Fsp3) is 0.227. The molecule has 0 spiro atoms. The van der Waals surface area contributed by atoms with Crippen molar-refractivity contribution in [2.24, 2.45) is 0 Å². The molecule has 0 amide bonds. The molecule has 0 aliphatic rings. The molecule has 0 saturated carbocycles. The molecule has 2 heterocycles. The number of aryl methyl sites for hydroxylation is 3. The first-order chi connectivity index (χ1) is 14.5. The molecule has 8 heteroatoms. The Morgan fingerprint density at radius 2 is 1.90 bits per heavy atom. The van der Waals surface area contributed by atoms with Crippen molar-refractivity contribution in [2.45, 2.75) is 31.7 Å². The number of carbonyl (C=O) groups is 1. The zero-order valence-electron chi connectivity index (χ0n) is 17.2. The largest absolute Gasteiger partial charge is 0.465 e. The third kappa shape index (κ3) is 3.66. The van der Waals surface area contributed by atoms with E-state index in [2.05, 4.69) is 29.4 Å². The monoisotopic (exact) mass is 419 g/mol. The van der Waals surface area contributed by atoms with E-state index in [1.807, 2.05) is 49.4 Å². The predicted octanol–water partition coefficient (Wildman–Crippen LogP) is 4.21. The van der Waals surface area contributed by atoms with E-state index in [9.17, 15) is 4.79 Å². The summed E-state index contributed by atoms with van der Waals surface area (Å²) in [5.74, 6) is 0.0384. The van der Waals surface area contributed by atoms with Gasteiger partial charge in [-0.1, -0.05) is 36.0 Å². The highest BCUT2D eigenvalue weighted by Crippen LogP contribution is 2.29. The summed E-state index contributed by atoms with van der Waals surface area (Å²) in [6, 6.07) is 13.9. The standard InChI is InChI=1S/C22H21N5O2S/c1-13-9-10-16(11-14(13)2)27-22(24-25-26-27)30-12-19-20(21(28)29-4)15(3)17-7-5-6-8-18(17)23-19/h5-11H,12H2,1-4H3. The Bertz CT molecular complexity index is 1250. The number of hydrogen-bond acceptors (Lipinski definition) is 7. The number of fused-ring (bicyclic) bond motifs is 1. The number of rotatable bonds is 5. The summed E-state index contributed by atoms with van der Waals surface area (Å²) in [7, 11) is 1.38. The third-order valence-corrected chi connectivity index (χ3v) is 6.06. The number of nitrogens with zero attached hydrogens (tertiary/aromatic N) is 5. The van der Waals surface area contributed by atoms with E-state index in [1.165, 1.54) is 30.0 Å². The van der Waals surface area contributed by atoms with Crippen LogP contribution in [0.5, 0.6) is 0 Å². The molecule has 0 aliphatic heterocycles. The van der Waals surface area contributed by atoms with Gasteiger partial charge in [-0.3, -0.25) is 4.98 Å². The van der Waals surface area contributed by atoms with Crippen LogP contribution in [0.25, 0.3) is 16.6 Å². The average molecular weight is 420 g/mol. The lowest BCUT2D eigenvalue weighted by atomic mass is 10.0. The van der Waals surface area contributed by atoms with Gasteiger partial charge in [0.2, 0.25) is 5.16 Å². The molecule has 7 nitrogen and oxygen atoms in total. The zero-order chi connectivity index (χ0) is 21.3. The maximum atomic E-state index is 12.5.